The Labute approximate surface area is 121 Å². The normalized spacial score (nSPS) is 26.1. The van der Waals surface area contributed by atoms with Gasteiger partial charge in [-0.3, -0.25) is 0 Å². The van der Waals surface area contributed by atoms with Crippen molar-refractivity contribution in [3.05, 3.63) is 0 Å². The van der Waals surface area contributed by atoms with Crippen molar-refractivity contribution in [2.24, 2.45) is 17.3 Å². The molecule has 0 aromatic heterocycles. The summed E-state index contributed by atoms with van der Waals surface area (Å²) in [5.74, 6) is 1.76. The van der Waals surface area contributed by atoms with Gasteiger partial charge in [0.25, 0.3) is 0 Å². The molecule has 0 aromatic carbocycles. The number of rotatable bonds is 7. The molecule has 2 heteroatoms. The van der Waals surface area contributed by atoms with Crippen molar-refractivity contribution in [1.82, 2.24) is 10.2 Å². The van der Waals surface area contributed by atoms with Crippen molar-refractivity contribution in [2.75, 3.05) is 26.2 Å². The number of likely N-dealkylation sites (tertiary alicyclic amines) is 1. The third kappa shape index (κ3) is 5.07. The molecule has 19 heavy (non-hydrogen) atoms. The number of nitrogens with zero attached hydrogens (tertiary/aromatic N) is 1. The lowest BCUT2D eigenvalue weighted by atomic mass is 9.80. The Morgan fingerprint density at radius 1 is 1.16 bits per heavy atom. The highest BCUT2D eigenvalue weighted by atomic mass is 15.1. The lowest BCUT2D eigenvalue weighted by Gasteiger charge is -2.42. The van der Waals surface area contributed by atoms with Gasteiger partial charge in [-0.1, -0.05) is 41.5 Å². The van der Waals surface area contributed by atoms with Crippen LogP contribution in [0.4, 0.5) is 0 Å². The Hall–Kier alpha value is -0.0800. The van der Waals surface area contributed by atoms with Gasteiger partial charge in [0.2, 0.25) is 0 Å². The molecule has 0 amide bonds. The van der Waals surface area contributed by atoms with Crippen molar-refractivity contribution in [2.45, 2.75) is 66.8 Å². The molecule has 0 bridgehead atoms. The molecule has 1 aliphatic rings. The summed E-state index contributed by atoms with van der Waals surface area (Å²) in [5, 5.41) is 3.67. The summed E-state index contributed by atoms with van der Waals surface area (Å²) in [6.07, 6.45) is 3.94. The fourth-order valence-electron chi connectivity index (χ4n) is 3.17. The minimum absolute atomic E-state index is 0.463. The highest BCUT2D eigenvalue weighted by molar-refractivity contribution is 4.86. The van der Waals surface area contributed by atoms with E-state index in [1.165, 1.54) is 38.9 Å². The minimum Gasteiger partial charge on any atom is -0.314 e. The van der Waals surface area contributed by atoms with Crippen LogP contribution in [-0.4, -0.2) is 37.1 Å². The number of hydrogen-bond donors (Lipinski definition) is 1. The molecule has 1 rings (SSSR count). The molecular weight excluding hydrogens is 232 g/mol. The SMILES string of the molecule is CCC(CC)(CNC(C)C)CN1CCC(C)C(C)C1. The van der Waals surface area contributed by atoms with Crippen LogP contribution in [0.5, 0.6) is 0 Å². The van der Waals surface area contributed by atoms with Gasteiger partial charge in [0.15, 0.2) is 0 Å². The van der Waals surface area contributed by atoms with Crippen LogP contribution in [0.2, 0.25) is 0 Å². The standard InChI is InChI=1S/C17H36N2/c1-7-17(8-2,12-18-14(3)4)13-19-10-9-15(5)16(6)11-19/h14-16,18H,7-13H2,1-6H3. The van der Waals surface area contributed by atoms with Crippen LogP contribution in [-0.2, 0) is 0 Å². The zero-order valence-electron chi connectivity index (χ0n) is 14.1. The van der Waals surface area contributed by atoms with E-state index in [1.807, 2.05) is 0 Å². The van der Waals surface area contributed by atoms with E-state index in [4.69, 9.17) is 0 Å². The van der Waals surface area contributed by atoms with Crippen molar-refractivity contribution >= 4 is 0 Å². The van der Waals surface area contributed by atoms with E-state index in [1.54, 1.807) is 0 Å². The predicted octanol–water partition coefficient (Wildman–Crippen LogP) is 3.77. The fourth-order valence-corrected chi connectivity index (χ4v) is 3.17. The Bertz CT molecular complexity index is 246. The van der Waals surface area contributed by atoms with Crippen LogP contribution in [0.15, 0.2) is 0 Å². The molecule has 0 saturated carbocycles. The Kier molecular flexibility index (Phi) is 6.82. The molecule has 0 aromatic rings. The van der Waals surface area contributed by atoms with Gasteiger partial charge in [-0.05, 0) is 43.1 Å². The number of hydrogen-bond acceptors (Lipinski definition) is 2. The van der Waals surface area contributed by atoms with Crippen LogP contribution < -0.4 is 5.32 Å². The topological polar surface area (TPSA) is 15.3 Å². The first kappa shape index (κ1) is 17.0. The molecular formula is C17H36N2. The minimum atomic E-state index is 0.463. The molecule has 1 N–H and O–H groups in total. The largest absolute Gasteiger partial charge is 0.314 e. The van der Waals surface area contributed by atoms with Gasteiger partial charge in [-0.2, -0.15) is 0 Å². The lowest BCUT2D eigenvalue weighted by molar-refractivity contribution is 0.0752. The average molecular weight is 268 g/mol. The van der Waals surface area contributed by atoms with Gasteiger partial charge in [-0.25, -0.2) is 0 Å². The van der Waals surface area contributed by atoms with E-state index in [9.17, 15) is 0 Å². The van der Waals surface area contributed by atoms with Crippen molar-refractivity contribution in [3.8, 4) is 0 Å². The number of nitrogens with one attached hydrogen (secondary N) is 1. The molecule has 2 nitrogen and oxygen atoms in total. The maximum atomic E-state index is 3.67. The van der Waals surface area contributed by atoms with Crippen LogP contribution in [0, 0.1) is 17.3 Å². The van der Waals surface area contributed by atoms with Crippen molar-refractivity contribution < 1.29 is 0 Å². The summed E-state index contributed by atoms with van der Waals surface area (Å²) >= 11 is 0. The molecule has 1 aliphatic heterocycles. The summed E-state index contributed by atoms with van der Waals surface area (Å²) in [6, 6.07) is 0.595. The first-order valence-corrected chi connectivity index (χ1v) is 8.38. The van der Waals surface area contributed by atoms with Gasteiger partial charge < -0.3 is 10.2 Å². The highest BCUT2D eigenvalue weighted by Crippen LogP contribution is 2.30. The van der Waals surface area contributed by atoms with Crippen molar-refractivity contribution in [1.29, 1.82) is 0 Å². The molecule has 114 valence electrons. The summed E-state index contributed by atoms with van der Waals surface area (Å²) in [5.41, 5.74) is 0.463. The van der Waals surface area contributed by atoms with E-state index < -0.39 is 0 Å². The lowest BCUT2D eigenvalue weighted by Crippen LogP contribution is -2.48. The Balaban J connectivity index is 2.57. The van der Waals surface area contributed by atoms with Gasteiger partial charge in [0, 0.05) is 25.7 Å². The Morgan fingerprint density at radius 3 is 2.26 bits per heavy atom. The van der Waals surface area contributed by atoms with Gasteiger partial charge in [0.05, 0.1) is 0 Å². The molecule has 0 radical (unpaired) electrons. The summed E-state index contributed by atoms with van der Waals surface area (Å²) in [7, 11) is 0. The zero-order valence-corrected chi connectivity index (χ0v) is 14.1. The Morgan fingerprint density at radius 2 is 1.79 bits per heavy atom. The second kappa shape index (κ2) is 7.64. The van der Waals surface area contributed by atoms with E-state index >= 15 is 0 Å². The maximum Gasteiger partial charge on any atom is 0.00501 e. The maximum absolute atomic E-state index is 3.67. The summed E-state index contributed by atoms with van der Waals surface area (Å²) in [6.45, 7) is 19.1. The van der Waals surface area contributed by atoms with Gasteiger partial charge in [-0.15, -0.1) is 0 Å². The molecule has 2 unspecified atom stereocenters. The summed E-state index contributed by atoms with van der Waals surface area (Å²) in [4.78, 5) is 2.72. The third-order valence-electron chi connectivity index (χ3n) is 5.36. The molecule has 2 atom stereocenters. The first-order chi connectivity index (χ1) is 8.92. The molecule has 1 heterocycles. The van der Waals surface area contributed by atoms with Crippen LogP contribution in [0.25, 0.3) is 0 Å². The van der Waals surface area contributed by atoms with Crippen LogP contribution in [0.3, 0.4) is 0 Å². The second-order valence-corrected chi connectivity index (χ2v) is 7.22. The predicted molar refractivity (Wildman–Crippen MR) is 85.5 cm³/mol. The molecule has 1 saturated heterocycles. The summed E-state index contributed by atoms with van der Waals surface area (Å²) < 4.78 is 0. The van der Waals surface area contributed by atoms with Gasteiger partial charge in [0.1, 0.15) is 0 Å². The monoisotopic (exact) mass is 268 g/mol. The van der Waals surface area contributed by atoms with Gasteiger partial charge >= 0.3 is 0 Å². The van der Waals surface area contributed by atoms with E-state index in [0.29, 0.717) is 11.5 Å². The second-order valence-electron chi connectivity index (χ2n) is 7.22. The van der Waals surface area contributed by atoms with E-state index in [2.05, 4.69) is 51.8 Å². The van der Waals surface area contributed by atoms with E-state index in [0.717, 1.165) is 18.4 Å². The molecule has 0 spiro atoms. The van der Waals surface area contributed by atoms with Crippen LogP contribution in [0.1, 0.15) is 60.8 Å². The van der Waals surface area contributed by atoms with Crippen LogP contribution >= 0.6 is 0 Å². The highest BCUT2D eigenvalue weighted by Gasteiger charge is 2.31. The van der Waals surface area contributed by atoms with Crippen molar-refractivity contribution in [3.63, 3.8) is 0 Å². The molecule has 0 aliphatic carbocycles. The fraction of sp³-hybridized carbons (Fsp3) is 1.00. The smallest absolute Gasteiger partial charge is 0.00501 e. The molecule has 1 fully saturated rings. The third-order valence-corrected chi connectivity index (χ3v) is 5.36. The first-order valence-electron chi connectivity index (χ1n) is 8.38. The van der Waals surface area contributed by atoms with E-state index in [-0.39, 0.29) is 0 Å². The average Bonchev–Trinajstić information content (AvgIpc) is 2.39. The quantitative estimate of drug-likeness (QED) is 0.756. The zero-order chi connectivity index (χ0) is 14.5. The number of piperidine rings is 1.